The van der Waals surface area contributed by atoms with Gasteiger partial charge in [-0.3, -0.25) is 9.69 Å². The van der Waals surface area contributed by atoms with E-state index in [1.54, 1.807) is 30.3 Å². The molecule has 2 heterocycles. The lowest BCUT2D eigenvalue weighted by molar-refractivity contribution is -0.137. The topological polar surface area (TPSA) is 51.1 Å². The smallest absolute Gasteiger partial charge is 0.416 e. The number of aliphatic imine (C=N–C) groups is 1. The van der Waals surface area contributed by atoms with Crippen LogP contribution in [0.1, 0.15) is 22.3 Å². The third kappa shape index (κ3) is 4.90. The highest BCUT2D eigenvalue weighted by molar-refractivity contribution is 8.13. The van der Waals surface area contributed by atoms with Crippen LogP contribution in [0.2, 0.25) is 0 Å². The van der Waals surface area contributed by atoms with Crippen molar-refractivity contribution in [3.63, 3.8) is 0 Å². The summed E-state index contributed by atoms with van der Waals surface area (Å²) < 4.78 is 50.1. The lowest BCUT2D eigenvalue weighted by Crippen LogP contribution is -2.30. The van der Waals surface area contributed by atoms with Crippen molar-refractivity contribution in [1.29, 1.82) is 0 Å². The number of carbonyl (C=O) groups excluding carboxylic acids is 1. The molecule has 0 N–H and O–H groups in total. The maximum atomic E-state index is 13.4. The summed E-state index contributed by atoms with van der Waals surface area (Å²) in [5.41, 5.74) is 2.37. The summed E-state index contributed by atoms with van der Waals surface area (Å²) >= 11 is 1.20. The standard InChI is InChI=1S/C26H19F3N2O3S/c1-16-5-8-20(9-6-16)31-24(32)21(12-17-7-10-22-23(13-17)34-15-33-22)30-25(31)35-14-18-3-2-4-19(11-18)26(27,28)29/h2-13H,14-15H2,1H3. The molecule has 0 bridgehead atoms. The number of benzene rings is 3. The van der Waals surface area contributed by atoms with Gasteiger partial charge in [0.2, 0.25) is 6.79 Å². The first-order valence-electron chi connectivity index (χ1n) is 10.7. The molecule has 3 aromatic rings. The van der Waals surface area contributed by atoms with Gasteiger partial charge in [-0.25, -0.2) is 4.99 Å². The monoisotopic (exact) mass is 496 g/mol. The Hall–Kier alpha value is -3.72. The first kappa shape index (κ1) is 23.0. The quantitative estimate of drug-likeness (QED) is 0.391. The van der Waals surface area contributed by atoms with Crippen LogP contribution >= 0.6 is 11.8 Å². The minimum atomic E-state index is -4.42. The Labute approximate surface area is 203 Å². The van der Waals surface area contributed by atoms with Crippen LogP contribution in [0.15, 0.2) is 77.4 Å². The van der Waals surface area contributed by atoms with Gasteiger partial charge in [0.05, 0.1) is 11.3 Å². The molecule has 0 atom stereocenters. The molecular weight excluding hydrogens is 477 g/mol. The molecule has 9 heteroatoms. The predicted octanol–water partition coefficient (Wildman–Crippen LogP) is 6.42. The molecule has 35 heavy (non-hydrogen) atoms. The highest BCUT2D eigenvalue weighted by Gasteiger charge is 2.33. The van der Waals surface area contributed by atoms with Gasteiger partial charge in [-0.1, -0.05) is 53.7 Å². The summed E-state index contributed by atoms with van der Waals surface area (Å²) in [7, 11) is 0. The van der Waals surface area contributed by atoms with Crippen LogP contribution in [0.3, 0.4) is 0 Å². The summed E-state index contributed by atoms with van der Waals surface area (Å²) in [5, 5.41) is 0.392. The Morgan fingerprint density at radius 2 is 1.80 bits per heavy atom. The number of thioether (sulfide) groups is 1. The number of halogens is 3. The second-order valence-electron chi connectivity index (χ2n) is 8.00. The average Bonchev–Trinajstić information content (AvgIpc) is 3.42. The van der Waals surface area contributed by atoms with Crippen LogP contribution in [0, 0.1) is 6.92 Å². The molecule has 2 aliphatic heterocycles. The number of hydrogen-bond acceptors (Lipinski definition) is 5. The number of anilines is 1. The molecule has 0 fully saturated rings. The van der Waals surface area contributed by atoms with E-state index in [9.17, 15) is 18.0 Å². The van der Waals surface area contributed by atoms with Crippen molar-refractivity contribution in [2.45, 2.75) is 18.9 Å². The molecule has 5 rings (SSSR count). The number of aryl methyl sites for hydroxylation is 1. The van der Waals surface area contributed by atoms with Gasteiger partial charge in [0.25, 0.3) is 5.91 Å². The van der Waals surface area contributed by atoms with Crippen molar-refractivity contribution in [1.82, 2.24) is 0 Å². The highest BCUT2D eigenvalue weighted by atomic mass is 32.2. The van der Waals surface area contributed by atoms with Gasteiger partial charge in [-0.05, 0) is 54.5 Å². The lowest BCUT2D eigenvalue weighted by Gasteiger charge is -2.18. The molecule has 0 aromatic heterocycles. The average molecular weight is 497 g/mol. The van der Waals surface area contributed by atoms with E-state index < -0.39 is 11.7 Å². The van der Waals surface area contributed by atoms with Crippen LogP contribution in [0.4, 0.5) is 18.9 Å². The number of nitrogens with zero attached hydrogens (tertiary/aromatic N) is 2. The number of amides is 1. The van der Waals surface area contributed by atoms with E-state index in [-0.39, 0.29) is 24.2 Å². The molecule has 0 unspecified atom stereocenters. The van der Waals surface area contributed by atoms with E-state index in [1.807, 2.05) is 31.2 Å². The fourth-order valence-electron chi connectivity index (χ4n) is 3.66. The molecule has 3 aromatic carbocycles. The van der Waals surface area contributed by atoms with Crippen LogP contribution < -0.4 is 14.4 Å². The molecular formula is C26H19F3N2O3S. The number of alkyl halides is 3. The largest absolute Gasteiger partial charge is 0.454 e. The van der Waals surface area contributed by atoms with Crippen molar-refractivity contribution in [3.05, 3.63) is 94.7 Å². The van der Waals surface area contributed by atoms with Crippen LogP contribution in [0.5, 0.6) is 11.5 Å². The minimum Gasteiger partial charge on any atom is -0.454 e. The molecule has 178 valence electrons. The first-order valence-corrected chi connectivity index (χ1v) is 11.7. The highest BCUT2D eigenvalue weighted by Crippen LogP contribution is 2.36. The number of ether oxygens (including phenoxy) is 2. The van der Waals surface area contributed by atoms with Gasteiger partial charge in [0.1, 0.15) is 5.70 Å². The summed E-state index contributed by atoms with van der Waals surface area (Å²) in [4.78, 5) is 19.4. The molecule has 0 spiro atoms. The van der Waals surface area contributed by atoms with E-state index in [1.165, 1.54) is 22.7 Å². The number of amidine groups is 1. The van der Waals surface area contributed by atoms with Crippen molar-refractivity contribution in [3.8, 4) is 11.5 Å². The van der Waals surface area contributed by atoms with Crippen molar-refractivity contribution < 1.29 is 27.4 Å². The molecule has 2 aliphatic rings. The maximum Gasteiger partial charge on any atom is 0.416 e. The molecule has 0 saturated heterocycles. The zero-order valence-electron chi connectivity index (χ0n) is 18.5. The van der Waals surface area contributed by atoms with Gasteiger partial charge >= 0.3 is 6.18 Å². The van der Waals surface area contributed by atoms with Crippen LogP contribution in [0.25, 0.3) is 6.08 Å². The zero-order chi connectivity index (χ0) is 24.6. The predicted molar refractivity (Wildman–Crippen MR) is 129 cm³/mol. The Kier molecular flexibility index (Phi) is 6.02. The van der Waals surface area contributed by atoms with Crippen molar-refractivity contribution >= 4 is 34.6 Å². The summed E-state index contributed by atoms with van der Waals surface area (Å²) in [6.45, 7) is 2.09. The maximum absolute atomic E-state index is 13.4. The van der Waals surface area contributed by atoms with Crippen molar-refractivity contribution in [2.75, 3.05) is 11.7 Å². The van der Waals surface area contributed by atoms with Crippen LogP contribution in [-0.2, 0) is 16.7 Å². The molecule has 0 aliphatic carbocycles. The normalized spacial score (nSPS) is 16.2. The SMILES string of the molecule is Cc1ccc(N2C(=O)C(=Cc3ccc4c(c3)OCO4)N=C2SCc2cccc(C(F)(F)F)c2)cc1. The summed E-state index contributed by atoms with van der Waals surface area (Å²) in [6.07, 6.45) is -2.76. The second-order valence-corrected chi connectivity index (χ2v) is 8.94. The van der Waals surface area contributed by atoms with E-state index in [0.29, 0.717) is 33.5 Å². The van der Waals surface area contributed by atoms with Gasteiger partial charge in [-0.2, -0.15) is 13.2 Å². The molecule has 0 radical (unpaired) electrons. The zero-order valence-corrected chi connectivity index (χ0v) is 19.3. The molecule has 5 nitrogen and oxygen atoms in total. The summed E-state index contributed by atoms with van der Waals surface area (Å²) in [6, 6.07) is 17.9. The number of fused-ring (bicyclic) bond motifs is 1. The third-order valence-corrected chi connectivity index (χ3v) is 6.45. The fraction of sp³-hybridized carbons (Fsp3) is 0.154. The Balaban J connectivity index is 1.45. The minimum absolute atomic E-state index is 0.143. The molecule has 1 amide bonds. The fourth-order valence-corrected chi connectivity index (χ4v) is 4.62. The van der Waals surface area contributed by atoms with Gasteiger partial charge < -0.3 is 9.47 Å². The van der Waals surface area contributed by atoms with Crippen LogP contribution in [-0.4, -0.2) is 17.9 Å². The Bertz CT molecular complexity index is 1350. The third-order valence-electron chi connectivity index (χ3n) is 5.44. The van der Waals surface area contributed by atoms with E-state index >= 15 is 0 Å². The van der Waals surface area contributed by atoms with Gasteiger partial charge in [0.15, 0.2) is 16.7 Å². The number of hydrogen-bond donors (Lipinski definition) is 0. The second kappa shape index (κ2) is 9.14. The van der Waals surface area contributed by atoms with E-state index in [0.717, 1.165) is 17.7 Å². The van der Waals surface area contributed by atoms with Gasteiger partial charge in [-0.15, -0.1) is 0 Å². The number of carbonyl (C=O) groups is 1. The van der Waals surface area contributed by atoms with Gasteiger partial charge in [0, 0.05) is 5.75 Å². The first-order chi connectivity index (χ1) is 16.8. The Morgan fingerprint density at radius 1 is 1.03 bits per heavy atom. The Morgan fingerprint density at radius 3 is 2.57 bits per heavy atom. The van der Waals surface area contributed by atoms with E-state index in [2.05, 4.69) is 4.99 Å². The van der Waals surface area contributed by atoms with Crippen molar-refractivity contribution in [2.24, 2.45) is 4.99 Å². The number of rotatable bonds is 4. The summed E-state index contributed by atoms with van der Waals surface area (Å²) in [5.74, 6) is 1.11. The molecule has 0 saturated carbocycles. The lowest BCUT2D eigenvalue weighted by atomic mass is 10.1. The van der Waals surface area contributed by atoms with E-state index in [4.69, 9.17) is 9.47 Å².